The third-order valence-electron chi connectivity index (χ3n) is 1.66. The van der Waals surface area contributed by atoms with E-state index in [4.69, 9.17) is 11.6 Å². The number of hydrogen-bond acceptors (Lipinski definition) is 3. The Balaban J connectivity index is 2.31. The molecular formula is C8H10ClF3N2S. The number of thiazole rings is 1. The number of hydrogen-bond donors (Lipinski definition) is 1. The van der Waals surface area contributed by atoms with Crippen molar-refractivity contribution in [2.45, 2.75) is 32.1 Å². The Bertz CT molecular complexity index is 313. The number of alkyl halides is 3. The summed E-state index contributed by atoms with van der Waals surface area (Å²) >= 11 is 6.89. The lowest BCUT2D eigenvalue weighted by Gasteiger charge is -2.14. The maximum absolute atomic E-state index is 12.0. The molecule has 86 valence electrons. The summed E-state index contributed by atoms with van der Waals surface area (Å²) in [5.41, 5.74) is 0. The zero-order valence-electron chi connectivity index (χ0n) is 7.94. The number of halogens is 4. The molecule has 1 heterocycles. The largest absolute Gasteiger partial charge is 0.390 e. The molecule has 1 unspecified atom stereocenters. The lowest BCUT2D eigenvalue weighted by Crippen LogP contribution is -2.30. The van der Waals surface area contributed by atoms with Gasteiger partial charge in [0.25, 0.3) is 0 Å². The van der Waals surface area contributed by atoms with E-state index in [0.717, 1.165) is 0 Å². The third-order valence-corrected chi connectivity index (χ3v) is 2.78. The van der Waals surface area contributed by atoms with Crippen LogP contribution in [0.15, 0.2) is 6.20 Å². The summed E-state index contributed by atoms with van der Waals surface area (Å²) in [6.45, 7) is 1.80. The highest BCUT2D eigenvalue weighted by atomic mass is 35.5. The molecule has 0 spiro atoms. The average molecular weight is 259 g/mol. The van der Waals surface area contributed by atoms with Gasteiger partial charge in [-0.2, -0.15) is 13.2 Å². The molecule has 7 heteroatoms. The van der Waals surface area contributed by atoms with E-state index in [1.54, 1.807) is 0 Å². The van der Waals surface area contributed by atoms with Crippen LogP contribution in [-0.2, 0) is 6.54 Å². The van der Waals surface area contributed by atoms with Gasteiger partial charge in [-0.05, 0) is 6.92 Å². The zero-order chi connectivity index (χ0) is 11.5. The van der Waals surface area contributed by atoms with Crippen LogP contribution in [0.3, 0.4) is 0 Å². The summed E-state index contributed by atoms with van der Waals surface area (Å²) in [6.07, 6.45) is -3.49. The van der Waals surface area contributed by atoms with Crippen molar-refractivity contribution >= 4 is 22.9 Å². The molecule has 0 saturated heterocycles. The summed E-state index contributed by atoms with van der Waals surface area (Å²) in [4.78, 5) is 3.93. The van der Waals surface area contributed by atoms with Crippen LogP contribution in [-0.4, -0.2) is 17.2 Å². The topological polar surface area (TPSA) is 24.9 Å². The van der Waals surface area contributed by atoms with Crippen molar-refractivity contribution in [1.82, 2.24) is 10.3 Å². The second kappa shape index (κ2) is 5.14. The summed E-state index contributed by atoms with van der Waals surface area (Å²) in [5, 5.41) is 3.43. The van der Waals surface area contributed by atoms with Gasteiger partial charge in [0.15, 0.2) is 0 Å². The summed E-state index contributed by atoms with van der Waals surface area (Å²) < 4.78 is 36.4. The van der Waals surface area contributed by atoms with Crippen LogP contribution >= 0.6 is 22.9 Å². The van der Waals surface area contributed by atoms with Gasteiger partial charge in [0.05, 0.1) is 12.6 Å². The van der Waals surface area contributed by atoms with E-state index in [1.807, 2.05) is 0 Å². The molecule has 0 aliphatic carbocycles. The average Bonchev–Trinajstić information content (AvgIpc) is 2.45. The molecule has 0 radical (unpaired) electrons. The Labute approximate surface area is 94.5 Å². The van der Waals surface area contributed by atoms with Crippen LogP contribution in [0.1, 0.15) is 18.4 Å². The summed E-state index contributed by atoms with van der Waals surface area (Å²) in [7, 11) is 0. The Morgan fingerprint density at radius 3 is 2.73 bits per heavy atom. The van der Waals surface area contributed by atoms with E-state index in [9.17, 15) is 13.2 Å². The maximum atomic E-state index is 12.0. The number of rotatable bonds is 4. The van der Waals surface area contributed by atoms with Gasteiger partial charge >= 0.3 is 6.18 Å². The minimum Gasteiger partial charge on any atom is -0.308 e. The Morgan fingerprint density at radius 2 is 2.27 bits per heavy atom. The first-order valence-corrected chi connectivity index (χ1v) is 5.46. The van der Waals surface area contributed by atoms with Crippen molar-refractivity contribution < 1.29 is 13.2 Å². The van der Waals surface area contributed by atoms with E-state index in [0.29, 0.717) is 15.9 Å². The van der Waals surface area contributed by atoms with Gasteiger partial charge in [-0.3, -0.25) is 0 Å². The van der Waals surface area contributed by atoms with Crippen LogP contribution < -0.4 is 5.32 Å². The first-order valence-electron chi connectivity index (χ1n) is 4.27. The van der Waals surface area contributed by atoms with Crippen LogP contribution in [0.25, 0.3) is 0 Å². The van der Waals surface area contributed by atoms with Gasteiger partial charge in [-0.1, -0.05) is 11.6 Å². The predicted molar refractivity (Wildman–Crippen MR) is 54.1 cm³/mol. The van der Waals surface area contributed by atoms with Gasteiger partial charge in [0.2, 0.25) is 0 Å². The second-order valence-corrected chi connectivity index (χ2v) is 4.91. The molecule has 1 aromatic heterocycles. The highest BCUT2D eigenvalue weighted by molar-refractivity contribution is 7.15. The van der Waals surface area contributed by atoms with E-state index < -0.39 is 18.6 Å². The molecule has 1 N–H and O–H groups in total. The minimum absolute atomic E-state index is 0.314. The molecule has 1 atom stereocenters. The van der Waals surface area contributed by atoms with Gasteiger partial charge in [-0.15, -0.1) is 11.3 Å². The SMILES string of the molecule is CC(CC(F)(F)F)NCc1ncc(Cl)s1. The quantitative estimate of drug-likeness (QED) is 0.897. The maximum Gasteiger partial charge on any atom is 0.390 e. The molecular weight excluding hydrogens is 249 g/mol. The van der Waals surface area contributed by atoms with Crippen LogP contribution in [0.5, 0.6) is 0 Å². The molecule has 0 aliphatic heterocycles. The van der Waals surface area contributed by atoms with E-state index in [-0.39, 0.29) is 0 Å². The molecule has 0 fully saturated rings. The molecule has 0 amide bonds. The van der Waals surface area contributed by atoms with Crippen molar-refractivity contribution in [3.63, 3.8) is 0 Å². The molecule has 1 rings (SSSR count). The molecule has 15 heavy (non-hydrogen) atoms. The molecule has 0 aromatic carbocycles. The number of aromatic nitrogens is 1. The predicted octanol–water partition coefficient (Wildman–Crippen LogP) is 3.23. The Morgan fingerprint density at radius 1 is 1.60 bits per heavy atom. The molecule has 1 aromatic rings. The number of nitrogens with zero attached hydrogens (tertiary/aromatic N) is 1. The highest BCUT2D eigenvalue weighted by Crippen LogP contribution is 2.22. The fourth-order valence-electron chi connectivity index (χ4n) is 1.05. The summed E-state index contributed by atoms with van der Waals surface area (Å²) in [6, 6.07) is -0.618. The molecule has 0 saturated carbocycles. The Kier molecular flexibility index (Phi) is 4.36. The van der Waals surface area contributed by atoms with Crippen molar-refractivity contribution in [1.29, 1.82) is 0 Å². The lowest BCUT2D eigenvalue weighted by atomic mass is 10.2. The van der Waals surface area contributed by atoms with Crippen molar-refractivity contribution in [3.05, 3.63) is 15.5 Å². The first kappa shape index (κ1) is 12.7. The van der Waals surface area contributed by atoms with Gasteiger partial charge in [0.1, 0.15) is 9.34 Å². The third kappa shape index (κ3) is 5.34. The van der Waals surface area contributed by atoms with Crippen molar-refractivity contribution in [3.8, 4) is 0 Å². The second-order valence-electron chi connectivity index (χ2n) is 3.16. The Hall–Kier alpha value is -0.330. The zero-order valence-corrected chi connectivity index (χ0v) is 9.51. The highest BCUT2D eigenvalue weighted by Gasteiger charge is 2.29. The van der Waals surface area contributed by atoms with Crippen LogP contribution in [0, 0.1) is 0 Å². The van der Waals surface area contributed by atoms with Crippen molar-refractivity contribution in [2.75, 3.05) is 0 Å². The minimum atomic E-state index is -4.13. The molecule has 2 nitrogen and oxygen atoms in total. The standard InChI is InChI=1S/C8H10ClF3N2S/c1-5(2-8(10,11)12)13-4-7-14-3-6(9)15-7/h3,5,13H,2,4H2,1H3. The van der Waals surface area contributed by atoms with Gasteiger partial charge < -0.3 is 5.32 Å². The van der Waals surface area contributed by atoms with E-state index in [2.05, 4.69) is 10.3 Å². The first-order chi connectivity index (χ1) is 6.87. The van der Waals surface area contributed by atoms with Gasteiger partial charge in [-0.25, -0.2) is 4.98 Å². The van der Waals surface area contributed by atoms with Crippen molar-refractivity contribution in [2.24, 2.45) is 0 Å². The van der Waals surface area contributed by atoms with Crippen LogP contribution in [0.2, 0.25) is 4.34 Å². The lowest BCUT2D eigenvalue weighted by molar-refractivity contribution is -0.139. The fraction of sp³-hybridized carbons (Fsp3) is 0.625. The molecule has 0 bridgehead atoms. The normalized spacial score (nSPS) is 14.2. The fourth-order valence-corrected chi connectivity index (χ4v) is 1.96. The van der Waals surface area contributed by atoms with Crippen LogP contribution in [0.4, 0.5) is 13.2 Å². The monoisotopic (exact) mass is 258 g/mol. The summed E-state index contributed by atoms with van der Waals surface area (Å²) in [5.74, 6) is 0. The van der Waals surface area contributed by atoms with E-state index in [1.165, 1.54) is 24.5 Å². The molecule has 0 aliphatic rings. The smallest absolute Gasteiger partial charge is 0.308 e. The van der Waals surface area contributed by atoms with E-state index >= 15 is 0 Å². The van der Waals surface area contributed by atoms with Gasteiger partial charge in [0, 0.05) is 12.6 Å². The number of nitrogens with one attached hydrogen (secondary N) is 1.